The second-order valence-corrected chi connectivity index (χ2v) is 7.45. The zero-order valence-electron chi connectivity index (χ0n) is 14.7. The second kappa shape index (κ2) is 7.35. The van der Waals surface area contributed by atoms with Gasteiger partial charge >= 0.3 is 0 Å². The van der Waals surface area contributed by atoms with Crippen molar-refractivity contribution in [2.45, 2.75) is 20.8 Å². The Morgan fingerprint density at radius 3 is 2.58 bits per heavy atom. The highest BCUT2D eigenvalue weighted by atomic mass is 35.5. The molecule has 7 heteroatoms. The van der Waals surface area contributed by atoms with E-state index in [2.05, 4.69) is 22.5 Å². The third-order valence-electron chi connectivity index (χ3n) is 4.08. The number of benzene rings is 2. The van der Waals surface area contributed by atoms with Gasteiger partial charge in [0.1, 0.15) is 10.7 Å². The number of aryl methyl sites for hydroxylation is 3. The first-order chi connectivity index (χ1) is 12.3. The fourth-order valence-electron chi connectivity index (χ4n) is 2.45. The number of anilines is 4. The predicted molar refractivity (Wildman–Crippen MR) is 110 cm³/mol. The molecule has 1 heterocycles. The first-order valence-electron chi connectivity index (χ1n) is 8.02. The summed E-state index contributed by atoms with van der Waals surface area (Å²) >= 11 is 7.37. The second-order valence-electron chi connectivity index (χ2n) is 6.04. The van der Waals surface area contributed by atoms with Crippen LogP contribution in [0.1, 0.15) is 26.4 Å². The van der Waals surface area contributed by atoms with Crippen LogP contribution in [0.3, 0.4) is 0 Å². The van der Waals surface area contributed by atoms with Crippen LogP contribution in [0, 0.1) is 20.8 Å². The molecule has 0 atom stereocenters. The average Bonchev–Trinajstić information content (AvgIpc) is 2.95. The zero-order valence-corrected chi connectivity index (χ0v) is 16.3. The highest BCUT2D eigenvalue weighted by Crippen LogP contribution is 2.31. The van der Waals surface area contributed by atoms with E-state index in [0.717, 1.165) is 11.3 Å². The molecule has 0 bridgehead atoms. The van der Waals surface area contributed by atoms with Crippen molar-refractivity contribution in [3.63, 3.8) is 0 Å². The molecule has 0 saturated heterocycles. The number of nitrogen functional groups attached to an aromatic ring is 1. The first kappa shape index (κ1) is 18.2. The number of hydrogen-bond acceptors (Lipinski definition) is 5. The van der Waals surface area contributed by atoms with Crippen LogP contribution in [0.5, 0.6) is 0 Å². The van der Waals surface area contributed by atoms with Gasteiger partial charge in [0.05, 0.1) is 10.7 Å². The summed E-state index contributed by atoms with van der Waals surface area (Å²) in [5.41, 5.74) is 10.7. The number of halogens is 1. The molecule has 0 radical (unpaired) electrons. The van der Waals surface area contributed by atoms with Crippen LogP contribution in [0.4, 0.5) is 22.3 Å². The van der Waals surface area contributed by atoms with Crippen LogP contribution >= 0.6 is 22.9 Å². The van der Waals surface area contributed by atoms with Gasteiger partial charge in [0.25, 0.3) is 5.91 Å². The molecule has 5 nitrogen and oxygen atoms in total. The molecule has 0 saturated carbocycles. The lowest BCUT2D eigenvalue weighted by molar-refractivity contribution is 0.103. The number of thiazole rings is 1. The fraction of sp³-hybridized carbons (Fsp3) is 0.158. The average molecular weight is 387 g/mol. The largest absolute Gasteiger partial charge is 0.382 e. The maximum Gasteiger partial charge on any atom is 0.269 e. The number of para-hydroxylation sites is 1. The van der Waals surface area contributed by atoms with E-state index in [1.165, 1.54) is 22.5 Å². The smallest absolute Gasteiger partial charge is 0.269 e. The van der Waals surface area contributed by atoms with Crippen molar-refractivity contribution in [2.24, 2.45) is 0 Å². The van der Waals surface area contributed by atoms with Crippen LogP contribution in [-0.2, 0) is 0 Å². The van der Waals surface area contributed by atoms with E-state index in [9.17, 15) is 4.79 Å². The van der Waals surface area contributed by atoms with Gasteiger partial charge in [-0.15, -0.1) is 0 Å². The van der Waals surface area contributed by atoms with E-state index in [4.69, 9.17) is 17.3 Å². The number of nitrogens with zero attached hydrogens (tertiary/aromatic N) is 1. The van der Waals surface area contributed by atoms with Crippen molar-refractivity contribution in [3.05, 3.63) is 63.0 Å². The van der Waals surface area contributed by atoms with Gasteiger partial charge in [-0.3, -0.25) is 4.79 Å². The Balaban J connectivity index is 1.81. The molecule has 26 heavy (non-hydrogen) atoms. The van der Waals surface area contributed by atoms with Crippen LogP contribution in [0.2, 0.25) is 5.02 Å². The topological polar surface area (TPSA) is 80.0 Å². The normalized spacial score (nSPS) is 10.6. The highest BCUT2D eigenvalue weighted by Gasteiger charge is 2.18. The molecule has 0 aliphatic carbocycles. The number of nitrogens with one attached hydrogen (secondary N) is 2. The summed E-state index contributed by atoms with van der Waals surface area (Å²) in [6.45, 7) is 5.98. The van der Waals surface area contributed by atoms with Crippen molar-refractivity contribution >= 4 is 51.2 Å². The number of nitrogens with two attached hydrogens (primary N) is 1. The SMILES string of the molecule is Cc1ccc(Nc2nc(N)c(C(=O)Nc3c(C)cccc3Cl)s2)cc1C. The van der Waals surface area contributed by atoms with E-state index in [0.29, 0.717) is 20.7 Å². The predicted octanol–water partition coefficient (Wildman–Crippen LogP) is 5.30. The van der Waals surface area contributed by atoms with Gasteiger partial charge in [0, 0.05) is 5.69 Å². The summed E-state index contributed by atoms with van der Waals surface area (Å²) in [5, 5.41) is 7.06. The van der Waals surface area contributed by atoms with Crippen molar-refractivity contribution in [3.8, 4) is 0 Å². The van der Waals surface area contributed by atoms with Crippen LogP contribution < -0.4 is 16.4 Å². The number of carbonyl (C=O) groups excluding carboxylic acids is 1. The van der Waals surface area contributed by atoms with Gasteiger partial charge in [0.2, 0.25) is 0 Å². The van der Waals surface area contributed by atoms with Gasteiger partial charge in [-0.2, -0.15) is 0 Å². The van der Waals surface area contributed by atoms with Gasteiger partial charge in [0.15, 0.2) is 5.13 Å². The van der Waals surface area contributed by atoms with Crippen LogP contribution in [0.25, 0.3) is 0 Å². The summed E-state index contributed by atoms with van der Waals surface area (Å²) in [5.74, 6) is -0.145. The van der Waals surface area contributed by atoms with E-state index < -0.39 is 0 Å². The number of carbonyl (C=O) groups is 1. The molecular weight excluding hydrogens is 368 g/mol. The fourth-order valence-corrected chi connectivity index (χ4v) is 3.52. The lowest BCUT2D eigenvalue weighted by Crippen LogP contribution is -2.13. The van der Waals surface area contributed by atoms with E-state index in [-0.39, 0.29) is 11.7 Å². The van der Waals surface area contributed by atoms with Crippen molar-refractivity contribution < 1.29 is 4.79 Å². The first-order valence-corrected chi connectivity index (χ1v) is 9.21. The maximum atomic E-state index is 12.6. The lowest BCUT2D eigenvalue weighted by atomic mass is 10.1. The quantitative estimate of drug-likeness (QED) is 0.568. The Bertz CT molecular complexity index is 963. The van der Waals surface area contributed by atoms with Crippen LogP contribution in [-0.4, -0.2) is 10.9 Å². The van der Waals surface area contributed by atoms with E-state index in [1.54, 1.807) is 6.07 Å². The molecule has 4 N–H and O–H groups in total. The summed E-state index contributed by atoms with van der Waals surface area (Å²) in [4.78, 5) is 17.2. The summed E-state index contributed by atoms with van der Waals surface area (Å²) in [6.07, 6.45) is 0. The van der Waals surface area contributed by atoms with Gasteiger partial charge < -0.3 is 16.4 Å². The molecule has 2 aromatic carbocycles. The van der Waals surface area contributed by atoms with E-state index in [1.807, 2.05) is 44.2 Å². The monoisotopic (exact) mass is 386 g/mol. The summed E-state index contributed by atoms with van der Waals surface area (Å²) < 4.78 is 0. The Labute approximate surface area is 161 Å². The molecule has 0 unspecified atom stereocenters. The third-order valence-corrected chi connectivity index (χ3v) is 5.38. The van der Waals surface area contributed by atoms with Gasteiger partial charge in [-0.05, 0) is 55.7 Å². The Morgan fingerprint density at radius 1 is 1.12 bits per heavy atom. The van der Waals surface area contributed by atoms with Gasteiger partial charge in [-0.1, -0.05) is 41.1 Å². The Hall–Kier alpha value is -2.57. The van der Waals surface area contributed by atoms with Crippen LogP contribution in [0.15, 0.2) is 36.4 Å². The molecule has 0 aliphatic rings. The highest BCUT2D eigenvalue weighted by molar-refractivity contribution is 7.18. The minimum Gasteiger partial charge on any atom is -0.382 e. The molecule has 0 fully saturated rings. The molecule has 0 spiro atoms. The lowest BCUT2D eigenvalue weighted by Gasteiger charge is -2.09. The molecule has 3 aromatic rings. The van der Waals surface area contributed by atoms with Crippen molar-refractivity contribution in [2.75, 3.05) is 16.4 Å². The summed E-state index contributed by atoms with van der Waals surface area (Å²) in [7, 11) is 0. The zero-order chi connectivity index (χ0) is 18.8. The minimum atomic E-state index is -0.329. The van der Waals surface area contributed by atoms with Gasteiger partial charge in [-0.25, -0.2) is 4.98 Å². The maximum absolute atomic E-state index is 12.6. The Kier molecular flexibility index (Phi) is 5.15. The van der Waals surface area contributed by atoms with E-state index >= 15 is 0 Å². The number of aromatic nitrogens is 1. The molecule has 134 valence electrons. The molecule has 1 aromatic heterocycles. The summed E-state index contributed by atoms with van der Waals surface area (Å²) in [6, 6.07) is 11.5. The standard InChI is InChI=1S/C19H19ClN4OS/c1-10-7-8-13(9-12(10)3)22-19-24-17(21)16(26-19)18(25)23-15-11(2)5-4-6-14(15)20/h4-9H,21H2,1-3H3,(H,22,24)(H,23,25). The molecule has 1 amide bonds. The molecular formula is C19H19ClN4OS. The minimum absolute atomic E-state index is 0.184. The molecule has 0 aliphatic heterocycles. The van der Waals surface area contributed by atoms with Crippen molar-refractivity contribution in [1.29, 1.82) is 0 Å². The number of hydrogen-bond donors (Lipinski definition) is 3. The third kappa shape index (κ3) is 3.81. The molecule has 3 rings (SSSR count). The van der Waals surface area contributed by atoms with Crippen molar-refractivity contribution in [1.82, 2.24) is 4.98 Å². The Morgan fingerprint density at radius 2 is 1.88 bits per heavy atom. The number of rotatable bonds is 4. The number of amides is 1.